The molecule has 3 rings (SSSR count). The van der Waals surface area contributed by atoms with Gasteiger partial charge in [-0.1, -0.05) is 0 Å². The largest absolute Gasteiger partial charge is 0.490 e. The van der Waals surface area contributed by atoms with Gasteiger partial charge < -0.3 is 19.7 Å². The summed E-state index contributed by atoms with van der Waals surface area (Å²) >= 11 is 0. The number of carboxylic acids is 1. The standard InChI is InChI=1S/C11H13FN2O2.C2HF3O2/c12-9-1-10(16-6-9)11(15)14-4-7-2-13-3-8(7)5-14;3-2(4,5)1(6)7/h1,6-8,13H,2-5H2;(H,6,7). The van der Waals surface area contributed by atoms with Gasteiger partial charge in [0.15, 0.2) is 11.6 Å². The maximum Gasteiger partial charge on any atom is 0.490 e. The number of aliphatic carboxylic acids is 1. The first-order valence-corrected chi connectivity index (χ1v) is 6.72. The molecule has 2 atom stereocenters. The van der Waals surface area contributed by atoms with Crippen molar-refractivity contribution >= 4 is 11.9 Å². The summed E-state index contributed by atoms with van der Waals surface area (Å²) in [6.45, 7) is 3.44. The minimum atomic E-state index is -5.08. The Hall–Kier alpha value is -2.10. The highest BCUT2D eigenvalue weighted by Crippen LogP contribution is 2.27. The lowest BCUT2D eigenvalue weighted by Gasteiger charge is -2.15. The zero-order chi connectivity index (χ0) is 17.2. The maximum absolute atomic E-state index is 12.7. The van der Waals surface area contributed by atoms with Crippen LogP contribution in [0.15, 0.2) is 16.7 Å². The molecule has 0 spiro atoms. The molecule has 0 bridgehead atoms. The molecule has 3 heterocycles. The number of carbonyl (C=O) groups excluding carboxylic acids is 1. The first-order chi connectivity index (χ1) is 10.7. The predicted molar refractivity (Wildman–Crippen MR) is 68.1 cm³/mol. The summed E-state index contributed by atoms with van der Waals surface area (Å²) in [5, 5.41) is 10.4. The first kappa shape index (κ1) is 17.3. The van der Waals surface area contributed by atoms with Gasteiger partial charge in [0.05, 0.1) is 0 Å². The Kier molecular flexibility index (Phi) is 4.93. The molecule has 2 N–H and O–H groups in total. The summed E-state index contributed by atoms with van der Waals surface area (Å²) in [5.41, 5.74) is 0. The van der Waals surface area contributed by atoms with E-state index in [4.69, 9.17) is 14.3 Å². The molecule has 2 unspecified atom stereocenters. The number of halogens is 4. The van der Waals surface area contributed by atoms with Crippen molar-refractivity contribution in [1.29, 1.82) is 0 Å². The van der Waals surface area contributed by atoms with E-state index in [1.165, 1.54) is 0 Å². The molecule has 0 aliphatic carbocycles. The minimum Gasteiger partial charge on any atom is -0.475 e. The highest BCUT2D eigenvalue weighted by molar-refractivity contribution is 5.91. The van der Waals surface area contributed by atoms with Crippen LogP contribution < -0.4 is 5.32 Å². The van der Waals surface area contributed by atoms with E-state index in [1.54, 1.807) is 4.90 Å². The molecular formula is C13H14F4N2O4. The number of rotatable bonds is 1. The van der Waals surface area contributed by atoms with E-state index in [0.29, 0.717) is 11.8 Å². The Bertz CT molecular complexity index is 575. The average molecular weight is 338 g/mol. The lowest BCUT2D eigenvalue weighted by Crippen LogP contribution is -2.31. The fourth-order valence-electron chi connectivity index (χ4n) is 2.60. The number of furan rings is 1. The molecule has 0 aromatic carbocycles. The second kappa shape index (κ2) is 6.57. The molecular weight excluding hydrogens is 324 g/mol. The molecule has 2 saturated heterocycles. The molecule has 2 aliphatic rings. The van der Waals surface area contributed by atoms with Crippen molar-refractivity contribution in [2.45, 2.75) is 6.18 Å². The Morgan fingerprint density at radius 1 is 1.26 bits per heavy atom. The number of amides is 1. The Morgan fingerprint density at radius 2 is 1.78 bits per heavy atom. The molecule has 23 heavy (non-hydrogen) atoms. The molecule has 1 amide bonds. The molecule has 2 fully saturated rings. The van der Waals surface area contributed by atoms with Gasteiger partial charge in [0.1, 0.15) is 6.26 Å². The van der Waals surface area contributed by atoms with E-state index in [-0.39, 0.29) is 11.7 Å². The summed E-state index contributed by atoms with van der Waals surface area (Å²) in [7, 11) is 0. The zero-order valence-electron chi connectivity index (χ0n) is 11.8. The number of nitrogens with one attached hydrogen (secondary N) is 1. The van der Waals surface area contributed by atoms with Crippen LogP contribution in [-0.4, -0.2) is 54.2 Å². The fraction of sp³-hybridized carbons (Fsp3) is 0.538. The van der Waals surface area contributed by atoms with Crippen molar-refractivity contribution in [3.05, 3.63) is 23.9 Å². The van der Waals surface area contributed by atoms with Crippen LogP contribution in [0.2, 0.25) is 0 Å². The number of alkyl halides is 3. The van der Waals surface area contributed by atoms with Crippen molar-refractivity contribution in [1.82, 2.24) is 10.2 Å². The summed E-state index contributed by atoms with van der Waals surface area (Å²) in [4.78, 5) is 22.6. The van der Waals surface area contributed by atoms with Crippen LogP contribution in [-0.2, 0) is 4.79 Å². The molecule has 0 saturated carbocycles. The normalized spacial score (nSPS) is 23.2. The van der Waals surface area contributed by atoms with Crippen LogP contribution in [0.3, 0.4) is 0 Å². The Morgan fingerprint density at radius 3 is 2.17 bits per heavy atom. The molecule has 1 aromatic rings. The van der Waals surface area contributed by atoms with Crippen molar-refractivity contribution < 1.29 is 36.7 Å². The average Bonchev–Trinajstić information content (AvgIpc) is 3.11. The quantitative estimate of drug-likeness (QED) is 0.755. The van der Waals surface area contributed by atoms with Crippen LogP contribution >= 0.6 is 0 Å². The number of nitrogens with zero attached hydrogens (tertiary/aromatic N) is 1. The predicted octanol–water partition coefficient (Wildman–Crippen LogP) is 1.34. The Labute approximate surface area is 128 Å². The van der Waals surface area contributed by atoms with E-state index in [2.05, 4.69) is 5.32 Å². The van der Waals surface area contributed by atoms with Crippen molar-refractivity contribution in [3.63, 3.8) is 0 Å². The molecule has 1 aromatic heterocycles. The van der Waals surface area contributed by atoms with E-state index in [1.807, 2.05) is 0 Å². The van der Waals surface area contributed by atoms with Gasteiger partial charge in [-0.15, -0.1) is 0 Å². The van der Waals surface area contributed by atoms with Gasteiger partial charge in [-0.3, -0.25) is 4.79 Å². The Balaban J connectivity index is 0.000000236. The third-order valence-electron chi connectivity index (χ3n) is 3.70. The third-order valence-corrected chi connectivity index (χ3v) is 3.70. The third kappa shape index (κ3) is 4.21. The van der Waals surface area contributed by atoms with Crippen LogP contribution in [0.5, 0.6) is 0 Å². The number of carboxylic acid groups (broad SMARTS) is 1. The van der Waals surface area contributed by atoms with Crippen LogP contribution in [0, 0.1) is 17.7 Å². The van der Waals surface area contributed by atoms with Gasteiger partial charge in [-0.25, -0.2) is 9.18 Å². The molecule has 10 heteroatoms. The maximum atomic E-state index is 12.7. The van der Waals surface area contributed by atoms with Gasteiger partial charge in [0.2, 0.25) is 0 Å². The molecule has 6 nitrogen and oxygen atoms in total. The smallest absolute Gasteiger partial charge is 0.475 e. The number of hydrogen-bond donors (Lipinski definition) is 2. The summed E-state index contributed by atoms with van der Waals surface area (Å²) < 4.78 is 49.3. The van der Waals surface area contributed by atoms with E-state index >= 15 is 0 Å². The van der Waals surface area contributed by atoms with E-state index in [0.717, 1.165) is 38.5 Å². The highest BCUT2D eigenvalue weighted by Gasteiger charge is 2.39. The second-order valence-electron chi connectivity index (χ2n) is 5.32. The number of carbonyl (C=O) groups is 2. The topological polar surface area (TPSA) is 82.8 Å². The van der Waals surface area contributed by atoms with Gasteiger partial charge in [0, 0.05) is 32.2 Å². The number of likely N-dealkylation sites (tertiary alicyclic amines) is 1. The van der Waals surface area contributed by atoms with Gasteiger partial charge in [-0.2, -0.15) is 13.2 Å². The number of fused-ring (bicyclic) bond motifs is 1. The van der Waals surface area contributed by atoms with Crippen LogP contribution in [0.1, 0.15) is 10.6 Å². The molecule has 128 valence electrons. The lowest BCUT2D eigenvalue weighted by atomic mass is 10.0. The van der Waals surface area contributed by atoms with Gasteiger partial charge >= 0.3 is 12.1 Å². The summed E-state index contributed by atoms with van der Waals surface area (Å²) in [5.74, 6) is -2.26. The molecule has 0 radical (unpaired) electrons. The first-order valence-electron chi connectivity index (χ1n) is 6.72. The number of hydrogen-bond acceptors (Lipinski definition) is 4. The summed E-state index contributed by atoms with van der Waals surface area (Å²) in [6.07, 6.45) is -4.12. The van der Waals surface area contributed by atoms with E-state index in [9.17, 15) is 22.4 Å². The summed E-state index contributed by atoms with van der Waals surface area (Å²) in [6, 6.07) is 1.15. The lowest BCUT2D eigenvalue weighted by molar-refractivity contribution is -0.192. The highest BCUT2D eigenvalue weighted by atomic mass is 19.4. The van der Waals surface area contributed by atoms with Crippen molar-refractivity contribution in [2.24, 2.45) is 11.8 Å². The van der Waals surface area contributed by atoms with Gasteiger partial charge in [-0.05, 0) is 11.8 Å². The van der Waals surface area contributed by atoms with Crippen LogP contribution in [0.4, 0.5) is 17.6 Å². The monoisotopic (exact) mass is 338 g/mol. The fourth-order valence-corrected chi connectivity index (χ4v) is 2.60. The van der Waals surface area contributed by atoms with Gasteiger partial charge in [0.25, 0.3) is 5.91 Å². The molecule has 2 aliphatic heterocycles. The SMILES string of the molecule is O=C(O)C(F)(F)F.O=C(c1cc(F)co1)N1CC2CNCC2C1. The van der Waals surface area contributed by atoms with E-state index < -0.39 is 18.0 Å². The van der Waals surface area contributed by atoms with Crippen molar-refractivity contribution in [3.8, 4) is 0 Å². The zero-order valence-corrected chi connectivity index (χ0v) is 11.8. The second-order valence-corrected chi connectivity index (χ2v) is 5.32. The van der Waals surface area contributed by atoms with Crippen LogP contribution in [0.25, 0.3) is 0 Å². The van der Waals surface area contributed by atoms with Crippen molar-refractivity contribution in [2.75, 3.05) is 26.2 Å². The minimum absolute atomic E-state index is 0.102.